The number of hydrogen-bond acceptors (Lipinski definition) is 5. The molecule has 0 fully saturated rings. The average Bonchev–Trinajstić information content (AvgIpc) is 2.87. The number of alkyl halides is 3. The summed E-state index contributed by atoms with van der Waals surface area (Å²) >= 11 is 0. The molecule has 0 saturated heterocycles. The highest BCUT2D eigenvalue weighted by molar-refractivity contribution is 5.90. The summed E-state index contributed by atoms with van der Waals surface area (Å²) in [6, 6.07) is 10.9. The van der Waals surface area contributed by atoms with Gasteiger partial charge in [0.25, 0.3) is 0 Å². The highest BCUT2D eigenvalue weighted by atomic mass is 19.4. The van der Waals surface area contributed by atoms with Gasteiger partial charge in [-0.15, -0.1) is 0 Å². The molecule has 0 spiro atoms. The van der Waals surface area contributed by atoms with Crippen molar-refractivity contribution in [1.82, 2.24) is 4.90 Å². The van der Waals surface area contributed by atoms with Gasteiger partial charge in [-0.1, -0.05) is 37.6 Å². The molecule has 2 aromatic rings. The molecular formula is C27H35F3N2O6. The Bertz CT molecular complexity index is 1000. The Morgan fingerprint density at radius 2 is 1.68 bits per heavy atom. The molecule has 8 nitrogen and oxygen atoms in total. The second-order valence-electron chi connectivity index (χ2n) is 8.41. The number of nitrogens with one attached hydrogen (secondary N) is 1. The van der Waals surface area contributed by atoms with E-state index in [0.29, 0.717) is 12.4 Å². The average molecular weight is 541 g/mol. The van der Waals surface area contributed by atoms with Crippen LogP contribution in [0.2, 0.25) is 0 Å². The Balaban J connectivity index is 1.99. The lowest BCUT2D eigenvalue weighted by Crippen LogP contribution is -2.40. The molecular weight excluding hydrogens is 505 g/mol. The minimum Gasteiger partial charge on any atom is -0.492 e. The highest BCUT2D eigenvalue weighted by Gasteiger charge is 2.34. The number of amides is 2. The zero-order chi connectivity index (χ0) is 28.0. The van der Waals surface area contributed by atoms with Crippen molar-refractivity contribution >= 4 is 17.7 Å². The molecule has 38 heavy (non-hydrogen) atoms. The van der Waals surface area contributed by atoms with Gasteiger partial charge >= 0.3 is 18.2 Å². The lowest BCUT2D eigenvalue weighted by atomic mass is 10.1. The Kier molecular flexibility index (Phi) is 12.9. The summed E-state index contributed by atoms with van der Waals surface area (Å²) in [4.78, 5) is 25.5. The van der Waals surface area contributed by atoms with Crippen LogP contribution in [-0.2, 0) is 26.9 Å². The molecule has 11 heteroatoms. The number of aliphatic carboxylic acids is 1. The highest BCUT2D eigenvalue weighted by Crippen LogP contribution is 2.34. The summed E-state index contributed by atoms with van der Waals surface area (Å²) in [7, 11) is 0. The Hall–Kier alpha value is -3.31. The Morgan fingerprint density at radius 1 is 1.00 bits per heavy atom. The third-order valence-electron chi connectivity index (χ3n) is 5.53. The molecule has 2 aromatic carbocycles. The van der Waals surface area contributed by atoms with E-state index in [1.165, 1.54) is 23.1 Å². The first kappa shape index (κ1) is 30.9. The molecule has 0 aromatic heterocycles. The summed E-state index contributed by atoms with van der Waals surface area (Å²) in [6.45, 7) is 5.14. The number of hydrogen-bond donors (Lipinski definition) is 2. The van der Waals surface area contributed by atoms with E-state index in [0.717, 1.165) is 24.5 Å². The molecule has 0 aliphatic carbocycles. The minimum absolute atomic E-state index is 0.0827. The first-order valence-electron chi connectivity index (χ1n) is 12.5. The van der Waals surface area contributed by atoms with Crippen LogP contribution in [0.15, 0.2) is 48.5 Å². The summed E-state index contributed by atoms with van der Waals surface area (Å²) in [5.74, 6) is -0.541. The number of para-hydroxylation sites is 1. The van der Waals surface area contributed by atoms with Crippen molar-refractivity contribution in [3.05, 3.63) is 59.7 Å². The van der Waals surface area contributed by atoms with Crippen molar-refractivity contribution in [2.75, 3.05) is 44.8 Å². The van der Waals surface area contributed by atoms with Gasteiger partial charge in [0.05, 0.1) is 24.4 Å². The number of carbonyl (C=O) groups is 2. The molecule has 0 aliphatic heterocycles. The van der Waals surface area contributed by atoms with Crippen LogP contribution in [0.1, 0.15) is 37.8 Å². The predicted octanol–water partition coefficient (Wildman–Crippen LogP) is 5.47. The number of unbranched alkanes of at least 4 members (excludes halogenated alkanes) is 1. The van der Waals surface area contributed by atoms with Gasteiger partial charge in [-0.3, -0.25) is 0 Å². The van der Waals surface area contributed by atoms with Crippen molar-refractivity contribution in [3.8, 4) is 5.75 Å². The molecule has 2 amide bonds. The zero-order valence-electron chi connectivity index (χ0n) is 21.6. The molecule has 0 aliphatic rings. The van der Waals surface area contributed by atoms with Gasteiger partial charge in [0.1, 0.15) is 12.4 Å². The lowest BCUT2D eigenvalue weighted by Gasteiger charge is -2.24. The summed E-state index contributed by atoms with van der Waals surface area (Å²) < 4.78 is 56.5. The van der Waals surface area contributed by atoms with Gasteiger partial charge in [-0.05, 0) is 43.2 Å². The van der Waals surface area contributed by atoms with E-state index in [2.05, 4.69) is 5.32 Å². The van der Waals surface area contributed by atoms with E-state index < -0.39 is 29.8 Å². The molecule has 210 valence electrons. The summed E-state index contributed by atoms with van der Waals surface area (Å²) in [6.07, 6.45) is -3.54. The third-order valence-corrected chi connectivity index (χ3v) is 5.53. The molecule has 0 heterocycles. The SMILES string of the molecule is CCCCOCCN(CCOc1ccc(CC(OCC)C(=O)O)cc1)C(=O)Nc1ccccc1C(F)(F)F. The van der Waals surface area contributed by atoms with Crippen LogP contribution < -0.4 is 10.1 Å². The maximum atomic E-state index is 13.3. The van der Waals surface area contributed by atoms with Gasteiger partial charge in [-0.25, -0.2) is 9.59 Å². The Morgan fingerprint density at radius 3 is 2.32 bits per heavy atom. The van der Waals surface area contributed by atoms with Crippen molar-refractivity contribution < 1.29 is 42.1 Å². The predicted molar refractivity (Wildman–Crippen MR) is 136 cm³/mol. The van der Waals surface area contributed by atoms with Gasteiger partial charge in [0, 0.05) is 26.2 Å². The van der Waals surface area contributed by atoms with Crippen LogP contribution in [-0.4, -0.2) is 67.6 Å². The van der Waals surface area contributed by atoms with E-state index in [1.807, 2.05) is 6.92 Å². The molecule has 0 radical (unpaired) electrons. The number of carboxylic acids is 1. The molecule has 1 unspecified atom stereocenters. The van der Waals surface area contributed by atoms with Crippen LogP contribution in [0.5, 0.6) is 5.75 Å². The molecule has 0 saturated carbocycles. The summed E-state index contributed by atoms with van der Waals surface area (Å²) in [5.41, 5.74) is -0.504. The van der Waals surface area contributed by atoms with Crippen LogP contribution in [0.3, 0.4) is 0 Å². The molecule has 0 bridgehead atoms. The van der Waals surface area contributed by atoms with Crippen LogP contribution in [0.4, 0.5) is 23.7 Å². The topological polar surface area (TPSA) is 97.3 Å². The number of nitrogens with zero attached hydrogens (tertiary/aromatic N) is 1. The monoisotopic (exact) mass is 540 g/mol. The second-order valence-corrected chi connectivity index (χ2v) is 8.41. The van der Waals surface area contributed by atoms with Crippen molar-refractivity contribution in [3.63, 3.8) is 0 Å². The quantitative estimate of drug-likeness (QED) is 0.274. The summed E-state index contributed by atoms with van der Waals surface area (Å²) in [5, 5.41) is 11.6. The standard InChI is InChI=1S/C27H35F3N2O6/c1-3-5-16-36-17-14-32(26(35)31-23-9-7-6-8-22(23)27(28,29)30)15-18-38-21-12-10-20(11-13-21)19-24(25(33)34)37-4-2/h6-13,24H,3-5,14-19H2,1-2H3,(H,31,35)(H,33,34). The number of benzene rings is 2. The Labute approximate surface area is 220 Å². The van der Waals surface area contributed by atoms with Crippen LogP contribution in [0, 0.1) is 0 Å². The lowest BCUT2D eigenvalue weighted by molar-refractivity contribution is -0.150. The van der Waals surface area contributed by atoms with E-state index in [9.17, 15) is 27.9 Å². The van der Waals surface area contributed by atoms with Crippen LogP contribution >= 0.6 is 0 Å². The van der Waals surface area contributed by atoms with Gasteiger partial charge in [0.2, 0.25) is 0 Å². The van der Waals surface area contributed by atoms with E-state index >= 15 is 0 Å². The number of urea groups is 1. The van der Waals surface area contributed by atoms with E-state index in [1.54, 1.807) is 31.2 Å². The van der Waals surface area contributed by atoms with Crippen molar-refractivity contribution in [1.29, 1.82) is 0 Å². The minimum atomic E-state index is -4.61. The largest absolute Gasteiger partial charge is 0.492 e. The van der Waals surface area contributed by atoms with Crippen molar-refractivity contribution in [2.45, 2.75) is 45.4 Å². The maximum absolute atomic E-state index is 13.3. The van der Waals surface area contributed by atoms with Gasteiger partial charge in [-0.2, -0.15) is 13.2 Å². The zero-order valence-corrected chi connectivity index (χ0v) is 21.6. The number of carbonyl (C=O) groups excluding carboxylic acids is 1. The first-order valence-corrected chi connectivity index (χ1v) is 12.5. The fourth-order valence-corrected chi connectivity index (χ4v) is 3.50. The number of carboxylic acid groups (broad SMARTS) is 1. The number of rotatable bonds is 16. The van der Waals surface area contributed by atoms with Crippen molar-refractivity contribution in [2.24, 2.45) is 0 Å². The van der Waals surface area contributed by atoms with E-state index in [4.69, 9.17) is 14.2 Å². The normalized spacial score (nSPS) is 12.1. The van der Waals surface area contributed by atoms with E-state index in [-0.39, 0.29) is 45.0 Å². The maximum Gasteiger partial charge on any atom is 0.418 e. The second kappa shape index (κ2) is 15.8. The molecule has 2 N–H and O–H groups in total. The fourth-order valence-electron chi connectivity index (χ4n) is 3.50. The fraction of sp³-hybridized carbons (Fsp3) is 0.481. The molecule has 2 rings (SSSR count). The number of anilines is 1. The van der Waals surface area contributed by atoms with Gasteiger partial charge in [0.15, 0.2) is 6.10 Å². The third kappa shape index (κ3) is 10.6. The number of halogens is 3. The van der Waals surface area contributed by atoms with Gasteiger partial charge < -0.3 is 29.5 Å². The molecule has 1 atom stereocenters. The first-order chi connectivity index (χ1) is 18.2. The number of ether oxygens (including phenoxy) is 3. The van der Waals surface area contributed by atoms with Crippen LogP contribution in [0.25, 0.3) is 0 Å². The smallest absolute Gasteiger partial charge is 0.418 e.